The van der Waals surface area contributed by atoms with Crippen molar-refractivity contribution >= 4 is 11.9 Å². The molecule has 1 amide bonds. The molecule has 0 aliphatic carbocycles. The summed E-state index contributed by atoms with van der Waals surface area (Å²) in [5, 5.41) is 9.43. The van der Waals surface area contributed by atoms with Gasteiger partial charge in [-0.25, -0.2) is 0 Å². The van der Waals surface area contributed by atoms with Crippen molar-refractivity contribution < 1.29 is 14.7 Å². The molecule has 2 unspecified atom stereocenters. The standard InChI is InChI=1S/C15H28N2O3/c1-11(2)15(3,14(19)20)9-13(18)17-8-6-7-12(17)10-16(4)5/h11-12H,6-10H2,1-5H3,(H,19,20). The number of amides is 1. The summed E-state index contributed by atoms with van der Waals surface area (Å²) in [6.45, 7) is 7.00. The van der Waals surface area contributed by atoms with E-state index in [1.165, 1.54) is 0 Å². The maximum Gasteiger partial charge on any atom is 0.310 e. The Hall–Kier alpha value is -1.10. The molecule has 0 bridgehead atoms. The van der Waals surface area contributed by atoms with E-state index >= 15 is 0 Å². The molecule has 2 atom stereocenters. The van der Waals surface area contributed by atoms with Crippen LogP contribution in [0.5, 0.6) is 0 Å². The lowest BCUT2D eigenvalue weighted by atomic mass is 9.76. The van der Waals surface area contributed by atoms with Gasteiger partial charge in [0.25, 0.3) is 0 Å². The zero-order valence-corrected chi connectivity index (χ0v) is 13.3. The van der Waals surface area contributed by atoms with Crippen LogP contribution in [0.2, 0.25) is 0 Å². The van der Waals surface area contributed by atoms with Crippen LogP contribution in [0, 0.1) is 11.3 Å². The van der Waals surface area contributed by atoms with Crippen molar-refractivity contribution in [1.82, 2.24) is 9.80 Å². The van der Waals surface area contributed by atoms with Gasteiger partial charge in [-0.2, -0.15) is 0 Å². The lowest BCUT2D eigenvalue weighted by Crippen LogP contribution is -2.45. The molecule has 1 heterocycles. The van der Waals surface area contributed by atoms with Gasteiger partial charge < -0.3 is 14.9 Å². The molecule has 5 nitrogen and oxygen atoms in total. The minimum Gasteiger partial charge on any atom is -0.481 e. The molecule has 0 spiro atoms. The number of likely N-dealkylation sites (N-methyl/N-ethyl adjacent to an activating group) is 1. The van der Waals surface area contributed by atoms with E-state index in [-0.39, 0.29) is 24.3 Å². The third-order valence-electron chi connectivity index (χ3n) is 4.55. The Morgan fingerprint density at radius 3 is 2.45 bits per heavy atom. The lowest BCUT2D eigenvalue weighted by Gasteiger charge is -2.33. The summed E-state index contributed by atoms with van der Waals surface area (Å²) in [5.74, 6) is -0.976. The van der Waals surface area contributed by atoms with Crippen LogP contribution in [0.1, 0.15) is 40.0 Å². The third kappa shape index (κ3) is 3.72. The van der Waals surface area contributed by atoms with E-state index in [9.17, 15) is 14.7 Å². The highest BCUT2D eigenvalue weighted by atomic mass is 16.4. The van der Waals surface area contributed by atoms with Gasteiger partial charge in [0.05, 0.1) is 5.41 Å². The van der Waals surface area contributed by atoms with Crippen LogP contribution in [0.25, 0.3) is 0 Å². The van der Waals surface area contributed by atoms with E-state index in [1.54, 1.807) is 6.92 Å². The number of carboxylic acid groups (broad SMARTS) is 1. The zero-order valence-electron chi connectivity index (χ0n) is 13.3. The number of hydrogen-bond acceptors (Lipinski definition) is 3. The molecule has 20 heavy (non-hydrogen) atoms. The molecular formula is C15H28N2O3. The molecule has 0 radical (unpaired) electrons. The minimum atomic E-state index is -0.984. The number of likely N-dealkylation sites (tertiary alicyclic amines) is 1. The number of carbonyl (C=O) groups is 2. The molecule has 1 aliphatic heterocycles. The SMILES string of the molecule is CC(C)C(C)(CC(=O)N1CCCC1CN(C)C)C(=O)O. The smallest absolute Gasteiger partial charge is 0.310 e. The van der Waals surface area contributed by atoms with Gasteiger partial charge in [0, 0.05) is 25.6 Å². The fourth-order valence-electron chi connectivity index (χ4n) is 2.72. The predicted octanol–water partition coefficient (Wildman–Crippen LogP) is 1.68. The van der Waals surface area contributed by atoms with Gasteiger partial charge in [0.15, 0.2) is 0 Å². The predicted molar refractivity (Wildman–Crippen MR) is 78.5 cm³/mol. The Balaban J connectivity index is 2.76. The van der Waals surface area contributed by atoms with E-state index in [2.05, 4.69) is 4.90 Å². The van der Waals surface area contributed by atoms with Crippen LogP contribution in [0.15, 0.2) is 0 Å². The van der Waals surface area contributed by atoms with Crippen molar-refractivity contribution in [3.05, 3.63) is 0 Å². The van der Waals surface area contributed by atoms with Gasteiger partial charge in [0.2, 0.25) is 5.91 Å². The van der Waals surface area contributed by atoms with E-state index in [1.807, 2.05) is 32.8 Å². The molecule has 5 heteroatoms. The summed E-state index contributed by atoms with van der Waals surface area (Å²) in [4.78, 5) is 28.0. The van der Waals surface area contributed by atoms with Crippen molar-refractivity contribution in [2.24, 2.45) is 11.3 Å². The normalized spacial score (nSPS) is 22.4. The highest BCUT2D eigenvalue weighted by Crippen LogP contribution is 2.33. The van der Waals surface area contributed by atoms with Gasteiger partial charge in [-0.3, -0.25) is 9.59 Å². The lowest BCUT2D eigenvalue weighted by molar-refractivity contribution is -0.155. The number of carboxylic acids is 1. The molecule has 1 aliphatic rings. The van der Waals surface area contributed by atoms with E-state index in [0.717, 1.165) is 25.9 Å². The molecule has 1 N–H and O–H groups in total. The summed E-state index contributed by atoms with van der Waals surface area (Å²) in [7, 11) is 3.99. The van der Waals surface area contributed by atoms with E-state index < -0.39 is 11.4 Å². The summed E-state index contributed by atoms with van der Waals surface area (Å²) in [6, 6.07) is 0.225. The molecule has 0 aromatic carbocycles. The van der Waals surface area contributed by atoms with E-state index in [0.29, 0.717) is 0 Å². The maximum atomic E-state index is 12.5. The topological polar surface area (TPSA) is 60.9 Å². The van der Waals surface area contributed by atoms with Crippen molar-refractivity contribution in [3.63, 3.8) is 0 Å². The molecule has 1 saturated heterocycles. The summed E-state index contributed by atoms with van der Waals surface area (Å²) in [5.41, 5.74) is -0.984. The highest BCUT2D eigenvalue weighted by molar-refractivity contribution is 5.85. The fraction of sp³-hybridized carbons (Fsp3) is 0.867. The molecule has 1 fully saturated rings. The zero-order chi connectivity index (χ0) is 15.5. The van der Waals surface area contributed by atoms with Gasteiger partial charge >= 0.3 is 5.97 Å². The molecule has 1 rings (SSSR count). The summed E-state index contributed by atoms with van der Waals surface area (Å²) < 4.78 is 0. The van der Waals surface area contributed by atoms with Crippen molar-refractivity contribution in [2.45, 2.75) is 46.1 Å². The van der Waals surface area contributed by atoms with E-state index in [4.69, 9.17) is 0 Å². The molecule has 116 valence electrons. The second-order valence-corrected chi connectivity index (χ2v) is 6.70. The first-order chi connectivity index (χ1) is 9.18. The first-order valence-corrected chi connectivity index (χ1v) is 7.36. The Bertz CT molecular complexity index is 368. The van der Waals surface area contributed by atoms with Crippen molar-refractivity contribution in [1.29, 1.82) is 0 Å². The Labute approximate surface area is 121 Å². The molecule has 0 aromatic heterocycles. The molecule has 0 aromatic rings. The summed E-state index contributed by atoms with van der Waals surface area (Å²) in [6.07, 6.45) is 2.11. The first-order valence-electron chi connectivity index (χ1n) is 7.36. The number of rotatable bonds is 6. The Kier molecular flexibility index (Phi) is 5.57. The second kappa shape index (κ2) is 6.57. The van der Waals surface area contributed by atoms with Gasteiger partial charge in [0.1, 0.15) is 0 Å². The van der Waals surface area contributed by atoms with Crippen molar-refractivity contribution in [2.75, 3.05) is 27.2 Å². The number of nitrogens with zero attached hydrogens (tertiary/aromatic N) is 2. The van der Waals surface area contributed by atoms with Crippen LogP contribution >= 0.6 is 0 Å². The van der Waals surface area contributed by atoms with Gasteiger partial charge in [-0.1, -0.05) is 13.8 Å². The van der Waals surface area contributed by atoms with Crippen LogP contribution in [-0.4, -0.2) is 60.0 Å². The first kappa shape index (κ1) is 17.0. The van der Waals surface area contributed by atoms with Crippen LogP contribution < -0.4 is 0 Å². The highest BCUT2D eigenvalue weighted by Gasteiger charge is 2.41. The summed E-state index contributed by atoms with van der Waals surface area (Å²) >= 11 is 0. The monoisotopic (exact) mass is 284 g/mol. The van der Waals surface area contributed by atoms with Gasteiger partial charge in [-0.15, -0.1) is 0 Å². The number of carbonyl (C=O) groups excluding carboxylic acids is 1. The minimum absolute atomic E-state index is 0.0204. The van der Waals surface area contributed by atoms with Crippen LogP contribution in [-0.2, 0) is 9.59 Å². The fourth-order valence-corrected chi connectivity index (χ4v) is 2.72. The second-order valence-electron chi connectivity index (χ2n) is 6.70. The molecular weight excluding hydrogens is 256 g/mol. The van der Waals surface area contributed by atoms with Gasteiger partial charge in [-0.05, 0) is 39.8 Å². The maximum absolute atomic E-state index is 12.5. The van der Waals surface area contributed by atoms with Crippen LogP contribution in [0.3, 0.4) is 0 Å². The number of aliphatic carboxylic acids is 1. The third-order valence-corrected chi connectivity index (χ3v) is 4.55. The Morgan fingerprint density at radius 2 is 2.00 bits per heavy atom. The molecule has 0 saturated carbocycles. The largest absolute Gasteiger partial charge is 0.481 e. The average Bonchev–Trinajstić information content (AvgIpc) is 2.75. The quantitative estimate of drug-likeness (QED) is 0.806. The average molecular weight is 284 g/mol. The van der Waals surface area contributed by atoms with Crippen LogP contribution in [0.4, 0.5) is 0 Å². The number of hydrogen-bond donors (Lipinski definition) is 1. The Morgan fingerprint density at radius 1 is 1.40 bits per heavy atom. The van der Waals surface area contributed by atoms with Crippen molar-refractivity contribution in [3.8, 4) is 0 Å².